The fourth-order valence-electron chi connectivity index (χ4n) is 1.55. The summed E-state index contributed by atoms with van der Waals surface area (Å²) in [6.07, 6.45) is 0.563. The largest absolute Gasteiger partial charge is 0.342 e. The van der Waals surface area contributed by atoms with Gasteiger partial charge in [-0.25, -0.2) is 18.1 Å². The van der Waals surface area contributed by atoms with Gasteiger partial charge in [0.2, 0.25) is 10.0 Å². The van der Waals surface area contributed by atoms with Gasteiger partial charge in [0.05, 0.1) is 16.8 Å². The van der Waals surface area contributed by atoms with Crippen molar-refractivity contribution in [2.45, 2.75) is 13.3 Å². The van der Waals surface area contributed by atoms with Crippen LogP contribution in [0.2, 0.25) is 0 Å². The van der Waals surface area contributed by atoms with E-state index in [2.05, 4.69) is 14.7 Å². The molecule has 2 aromatic rings. The molecule has 0 aliphatic heterocycles. The van der Waals surface area contributed by atoms with E-state index in [1.165, 1.54) is 0 Å². The van der Waals surface area contributed by atoms with Gasteiger partial charge in [-0.05, 0) is 19.1 Å². The summed E-state index contributed by atoms with van der Waals surface area (Å²) in [4.78, 5) is 7.52. The number of H-pyrrole nitrogens is 1. The van der Waals surface area contributed by atoms with Gasteiger partial charge in [-0.3, -0.25) is 0 Å². The normalized spacial score (nSPS) is 12.1. The quantitative estimate of drug-likeness (QED) is 0.836. The van der Waals surface area contributed by atoms with Gasteiger partial charge in [0, 0.05) is 13.0 Å². The van der Waals surface area contributed by atoms with Gasteiger partial charge in [-0.2, -0.15) is 0 Å². The molecule has 0 bridgehead atoms. The second kappa shape index (κ2) is 4.85. The van der Waals surface area contributed by atoms with Crippen molar-refractivity contribution in [1.82, 2.24) is 14.7 Å². The van der Waals surface area contributed by atoms with E-state index in [0.29, 0.717) is 13.0 Å². The van der Waals surface area contributed by atoms with E-state index >= 15 is 0 Å². The SMILES string of the molecule is CCS(=O)(=O)NCCc1nc2ccccc2[nH]1. The Hall–Kier alpha value is -1.40. The van der Waals surface area contributed by atoms with Crippen molar-refractivity contribution >= 4 is 21.1 Å². The average Bonchev–Trinajstić information content (AvgIpc) is 2.71. The molecule has 1 heterocycles. The molecule has 2 N–H and O–H groups in total. The van der Waals surface area contributed by atoms with Crippen molar-refractivity contribution in [3.05, 3.63) is 30.1 Å². The highest BCUT2D eigenvalue weighted by Crippen LogP contribution is 2.10. The predicted octanol–water partition coefficient (Wildman–Crippen LogP) is 1.04. The van der Waals surface area contributed by atoms with Gasteiger partial charge in [-0.15, -0.1) is 0 Å². The Morgan fingerprint density at radius 2 is 2.12 bits per heavy atom. The van der Waals surface area contributed by atoms with Gasteiger partial charge in [0.1, 0.15) is 5.82 Å². The maximum absolute atomic E-state index is 11.2. The highest BCUT2D eigenvalue weighted by molar-refractivity contribution is 7.89. The van der Waals surface area contributed by atoms with Gasteiger partial charge in [-0.1, -0.05) is 12.1 Å². The third kappa shape index (κ3) is 3.04. The van der Waals surface area contributed by atoms with E-state index < -0.39 is 10.0 Å². The third-order valence-corrected chi connectivity index (χ3v) is 3.91. The fraction of sp³-hybridized carbons (Fsp3) is 0.364. The number of nitrogens with zero attached hydrogens (tertiary/aromatic N) is 1. The molecular formula is C11H15N3O2S. The van der Waals surface area contributed by atoms with Crippen LogP contribution in [0.1, 0.15) is 12.7 Å². The van der Waals surface area contributed by atoms with Gasteiger partial charge in [0.15, 0.2) is 0 Å². The van der Waals surface area contributed by atoms with Gasteiger partial charge < -0.3 is 4.98 Å². The Morgan fingerprint density at radius 3 is 2.82 bits per heavy atom. The summed E-state index contributed by atoms with van der Waals surface area (Å²) in [7, 11) is -3.11. The van der Waals surface area contributed by atoms with Crippen LogP contribution in [0.4, 0.5) is 0 Å². The lowest BCUT2D eigenvalue weighted by Gasteiger charge is -2.01. The lowest BCUT2D eigenvalue weighted by Crippen LogP contribution is -2.27. The Labute approximate surface area is 100 Å². The number of para-hydroxylation sites is 2. The molecule has 0 aliphatic carbocycles. The zero-order valence-electron chi connectivity index (χ0n) is 9.60. The number of aromatic amines is 1. The van der Waals surface area contributed by atoms with Crippen LogP contribution in [-0.4, -0.2) is 30.7 Å². The summed E-state index contributed by atoms with van der Waals surface area (Å²) in [5.41, 5.74) is 1.88. The van der Waals surface area contributed by atoms with Crippen molar-refractivity contribution < 1.29 is 8.42 Å². The molecule has 0 fully saturated rings. The maximum Gasteiger partial charge on any atom is 0.211 e. The highest BCUT2D eigenvalue weighted by atomic mass is 32.2. The Bertz CT molecular complexity index is 571. The van der Waals surface area contributed by atoms with Crippen molar-refractivity contribution in [3.8, 4) is 0 Å². The lowest BCUT2D eigenvalue weighted by atomic mass is 10.3. The summed E-state index contributed by atoms with van der Waals surface area (Å²) >= 11 is 0. The van der Waals surface area contributed by atoms with Crippen LogP contribution in [0.5, 0.6) is 0 Å². The molecule has 1 aromatic heterocycles. The second-order valence-electron chi connectivity index (χ2n) is 3.75. The second-order valence-corrected chi connectivity index (χ2v) is 5.84. The van der Waals surface area contributed by atoms with Gasteiger partial charge >= 0.3 is 0 Å². The molecule has 17 heavy (non-hydrogen) atoms. The number of imidazole rings is 1. The van der Waals surface area contributed by atoms with E-state index in [4.69, 9.17) is 0 Å². The molecule has 1 aromatic carbocycles. The minimum Gasteiger partial charge on any atom is -0.342 e. The summed E-state index contributed by atoms with van der Waals surface area (Å²) in [6.45, 7) is 1.99. The van der Waals surface area contributed by atoms with E-state index in [-0.39, 0.29) is 5.75 Å². The summed E-state index contributed by atoms with van der Waals surface area (Å²) in [5, 5.41) is 0. The summed E-state index contributed by atoms with van der Waals surface area (Å²) in [6, 6.07) is 7.73. The summed E-state index contributed by atoms with van der Waals surface area (Å²) in [5.74, 6) is 0.901. The van der Waals surface area contributed by atoms with Crippen LogP contribution in [0, 0.1) is 0 Å². The first-order chi connectivity index (χ1) is 8.11. The number of sulfonamides is 1. The van der Waals surface area contributed by atoms with Gasteiger partial charge in [0.25, 0.3) is 0 Å². The predicted molar refractivity (Wildman–Crippen MR) is 67.3 cm³/mol. The van der Waals surface area contributed by atoms with Crippen molar-refractivity contribution in [3.63, 3.8) is 0 Å². The first kappa shape index (κ1) is 12.1. The first-order valence-corrected chi connectivity index (χ1v) is 7.17. The monoisotopic (exact) mass is 253 g/mol. The minimum atomic E-state index is -3.11. The van der Waals surface area contributed by atoms with Crippen LogP contribution < -0.4 is 4.72 Å². The van der Waals surface area contributed by atoms with Crippen molar-refractivity contribution in [1.29, 1.82) is 0 Å². The number of benzene rings is 1. The number of aromatic nitrogens is 2. The number of rotatable bonds is 5. The fourth-order valence-corrected chi connectivity index (χ4v) is 2.17. The van der Waals surface area contributed by atoms with Crippen LogP contribution in [0.15, 0.2) is 24.3 Å². The van der Waals surface area contributed by atoms with Crippen molar-refractivity contribution in [2.75, 3.05) is 12.3 Å². The van der Waals surface area contributed by atoms with E-state index in [1.807, 2.05) is 24.3 Å². The van der Waals surface area contributed by atoms with Crippen molar-refractivity contribution in [2.24, 2.45) is 0 Å². The minimum absolute atomic E-state index is 0.104. The number of hydrogen-bond acceptors (Lipinski definition) is 3. The lowest BCUT2D eigenvalue weighted by molar-refractivity contribution is 0.582. The molecular weight excluding hydrogens is 238 g/mol. The molecule has 0 radical (unpaired) electrons. The van der Waals surface area contributed by atoms with E-state index in [9.17, 15) is 8.42 Å². The van der Waals surface area contributed by atoms with E-state index in [0.717, 1.165) is 16.9 Å². The number of hydrogen-bond donors (Lipinski definition) is 2. The summed E-state index contributed by atoms with van der Waals surface area (Å²) < 4.78 is 25.0. The number of fused-ring (bicyclic) bond motifs is 1. The molecule has 5 nitrogen and oxygen atoms in total. The smallest absolute Gasteiger partial charge is 0.211 e. The topological polar surface area (TPSA) is 74.8 Å². The first-order valence-electron chi connectivity index (χ1n) is 5.51. The molecule has 6 heteroatoms. The third-order valence-electron chi connectivity index (χ3n) is 2.50. The molecule has 0 atom stereocenters. The molecule has 0 unspecified atom stereocenters. The molecule has 2 rings (SSSR count). The van der Waals surface area contributed by atoms with Crippen LogP contribution in [0.25, 0.3) is 11.0 Å². The molecule has 0 amide bonds. The standard InChI is InChI=1S/C11H15N3O2S/c1-2-17(15,16)12-8-7-11-13-9-5-3-4-6-10(9)14-11/h3-6,12H,2,7-8H2,1H3,(H,13,14). The molecule has 0 saturated heterocycles. The Balaban J connectivity index is 2.00. The molecule has 0 spiro atoms. The Kier molecular flexibility index (Phi) is 3.44. The Morgan fingerprint density at radius 1 is 1.35 bits per heavy atom. The van der Waals surface area contributed by atoms with Crippen LogP contribution in [0.3, 0.4) is 0 Å². The maximum atomic E-state index is 11.2. The molecule has 0 aliphatic rings. The zero-order valence-corrected chi connectivity index (χ0v) is 10.4. The van der Waals surface area contributed by atoms with E-state index in [1.54, 1.807) is 6.92 Å². The van der Waals surface area contributed by atoms with Crippen LogP contribution >= 0.6 is 0 Å². The average molecular weight is 253 g/mol. The molecule has 92 valence electrons. The number of nitrogens with one attached hydrogen (secondary N) is 2. The highest BCUT2D eigenvalue weighted by Gasteiger charge is 2.06. The zero-order chi connectivity index (χ0) is 12.3. The molecule has 0 saturated carbocycles. The van der Waals surface area contributed by atoms with Crippen LogP contribution in [-0.2, 0) is 16.4 Å².